The third kappa shape index (κ3) is 3.99. The first-order valence-corrected chi connectivity index (χ1v) is 9.14. The van der Waals surface area contributed by atoms with Gasteiger partial charge in [0, 0.05) is 23.3 Å². The van der Waals surface area contributed by atoms with Crippen molar-refractivity contribution in [3.63, 3.8) is 0 Å². The lowest BCUT2D eigenvalue weighted by molar-refractivity contribution is -0.401. The van der Waals surface area contributed by atoms with Crippen molar-refractivity contribution in [3.05, 3.63) is 65.2 Å². The van der Waals surface area contributed by atoms with E-state index < -0.39 is 0 Å². The van der Waals surface area contributed by atoms with Crippen LogP contribution in [-0.4, -0.2) is 37.0 Å². The van der Waals surface area contributed by atoms with Gasteiger partial charge in [0.25, 0.3) is 0 Å². The summed E-state index contributed by atoms with van der Waals surface area (Å²) in [4.78, 5) is 11.9. The van der Waals surface area contributed by atoms with Gasteiger partial charge >= 0.3 is 5.97 Å². The molecule has 1 aliphatic rings. The lowest BCUT2D eigenvalue weighted by atomic mass is 9.80. The zero-order valence-corrected chi connectivity index (χ0v) is 19.1. The number of ether oxygens (including phenoxy) is 2. The zero-order valence-electron chi connectivity index (χ0n) is 17.0. The van der Waals surface area contributed by atoms with Crippen LogP contribution in [0.25, 0.3) is 6.08 Å². The fourth-order valence-electron chi connectivity index (χ4n) is 3.65. The third-order valence-corrected chi connectivity index (χ3v) is 5.09. The summed E-state index contributed by atoms with van der Waals surface area (Å²) in [5.41, 5.74) is 4.76. The monoisotopic (exact) mass is 491 g/mol. The molecule has 1 aliphatic heterocycles. The molecule has 148 valence electrons. The lowest BCUT2D eigenvalue weighted by Gasteiger charge is -2.16. The second-order valence-corrected chi connectivity index (χ2v) is 7.10. The van der Waals surface area contributed by atoms with E-state index >= 15 is 0 Å². The minimum atomic E-state index is -0.314. The van der Waals surface area contributed by atoms with E-state index in [2.05, 4.69) is 37.6 Å². The summed E-state index contributed by atoms with van der Waals surface area (Å²) >= 11 is 0. The minimum Gasteiger partial charge on any atom is -1.00 e. The van der Waals surface area contributed by atoms with Crippen molar-refractivity contribution in [2.24, 2.45) is 0 Å². The Labute approximate surface area is 183 Å². The number of nitrogens with zero attached hydrogens (tertiary/aromatic N) is 1. The Morgan fingerprint density at radius 1 is 1.14 bits per heavy atom. The van der Waals surface area contributed by atoms with Gasteiger partial charge < -0.3 is 33.5 Å². The molecule has 0 amide bonds. The topological polar surface area (TPSA) is 38.5 Å². The van der Waals surface area contributed by atoms with E-state index in [1.54, 1.807) is 0 Å². The van der Waals surface area contributed by atoms with Crippen LogP contribution in [0.2, 0.25) is 0 Å². The van der Waals surface area contributed by atoms with Gasteiger partial charge in [0.1, 0.15) is 12.8 Å². The molecule has 0 bridgehead atoms. The van der Waals surface area contributed by atoms with Crippen molar-refractivity contribution in [2.75, 3.05) is 20.8 Å². The van der Waals surface area contributed by atoms with Crippen molar-refractivity contribution < 1.29 is 42.8 Å². The maximum absolute atomic E-state index is 11.9. The first-order chi connectivity index (χ1) is 12.9. The van der Waals surface area contributed by atoms with Crippen molar-refractivity contribution in [1.82, 2.24) is 0 Å². The van der Waals surface area contributed by atoms with E-state index in [0.717, 1.165) is 28.3 Å². The van der Waals surface area contributed by atoms with E-state index in [4.69, 9.17) is 9.47 Å². The number of hydrogen-bond acceptors (Lipinski definition) is 3. The predicted octanol–water partition coefficient (Wildman–Crippen LogP) is 1.60. The number of allylic oxidation sites excluding steroid dienone is 1. The quantitative estimate of drug-likeness (QED) is 0.363. The van der Waals surface area contributed by atoms with Gasteiger partial charge in [-0.15, -0.1) is 0 Å². The number of esters is 1. The minimum absolute atomic E-state index is 0. The molecule has 1 heterocycles. The van der Waals surface area contributed by atoms with Crippen LogP contribution in [0.1, 0.15) is 42.3 Å². The van der Waals surface area contributed by atoms with E-state index in [0.29, 0.717) is 12.2 Å². The SMILES string of the molecule is CCOc1ccccc1/C=C/C1=[N+](C)c2ccc(C(=O)OC)cc2C1(C)C.[I-]. The molecule has 0 unspecified atom stereocenters. The normalized spacial score (nSPS) is 14.6. The largest absolute Gasteiger partial charge is 1.00 e. The second-order valence-electron chi connectivity index (χ2n) is 7.10. The summed E-state index contributed by atoms with van der Waals surface area (Å²) in [5, 5.41) is 0. The summed E-state index contributed by atoms with van der Waals surface area (Å²) in [6, 6.07) is 13.7. The number of carbonyl (C=O) groups is 1. The Balaban J connectivity index is 0.00000280. The highest BCUT2D eigenvalue weighted by molar-refractivity contribution is 6.06. The molecule has 4 nitrogen and oxygen atoms in total. The Hall–Kier alpha value is -2.15. The Kier molecular flexibility index (Phi) is 7.04. The van der Waals surface area contributed by atoms with Gasteiger partial charge in [0.05, 0.1) is 24.7 Å². The number of para-hydroxylation sites is 1. The standard InChI is InChI=1S/C23H26NO3.HI/c1-6-27-20-10-8-7-9-16(20)12-14-21-23(2,3)18-15-17(22(25)26-5)11-13-19(18)24(21)4;/h7-15H,6H2,1-5H3;1H/q+1;/p-1/b14-12+;. The van der Waals surface area contributed by atoms with Crippen molar-refractivity contribution in [1.29, 1.82) is 0 Å². The maximum Gasteiger partial charge on any atom is 0.337 e. The number of hydrogen-bond donors (Lipinski definition) is 0. The highest BCUT2D eigenvalue weighted by Crippen LogP contribution is 2.40. The molecule has 28 heavy (non-hydrogen) atoms. The number of methoxy groups -OCH3 is 1. The highest BCUT2D eigenvalue weighted by atomic mass is 127. The number of fused-ring (bicyclic) bond motifs is 1. The second kappa shape index (κ2) is 8.90. The van der Waals surface area contributed by atoms with Crippen molar-refractivity contribution in [2.45, 2.75) is 26.2 Å². The number of benzene rings is 2. The van der Waals surface area contributed by atoms with Gasteiger partial charge in [0.15, 0.2) is 5.71 Å². The zero-order chi connectivity index (χ0) is 19.6. The summed E-state index contributed by atoms with van der Waals surface area (Å²) in [6.45, 7) is 6.96. The third-order valence-electron chi connectivity index (χ3n) is 5.09. The Morgan fingerprint density at radius 3 is 2.54 bits per heavy atom. The molecule has 0 saturated carbocycles. The van der Waals surface area contributed by atoms with Gasteiger partial charge in [-0.3, -0.25) is 0 Å². The van der Waals surface area contributed by atoms with Crippen LogP contribution in [0.15, 0.2) is 48.5 Å². The molecule has 0 aromatic heterocycles. The average Bonchev–Trinajstić information content (AvgIpc) is 2.86. The fourth-order valence-corrected chi connectivity index (χ4v) is 3.65. The molecule has 5 heteroatoms. The smallest absolute Gasteiger partial charge is 0.337 e. The van der Waals surface area contributed by atoms with Crippen LogP contribution in [0.4, 0.5) is 5.69 Å². The number of halogens is 1. The molecule has 0 spiro atoms. The summed E-state index contributed by atoms with van der Waals surface area (Å²) in [5.74, 6) is 0.562. The summed E-state index contributed by atoms with van der Waals surface area (Å²) in [6.07, 6.45) is 4.22. The van der Waals surface area contributed by atoms with Gasteiger partial charge in [0.2, 0.25) is 5.69 Å². The van der Waals surface area contributed by atoms with Crippen LogP contribution in [0.5, 0.6) is 5.75 Å². The van der Waals surface area contributed by atoms with Crippen molar-refractivity contribution >= 4 is 23.4 Å². The average molecular weight is 491 g/mol. The molecule has 2 aromatic carbocycles. The van der Waals surface area contributed by atoms with Crippen LogP contribution < -0.4 is 28.7 Å². The predicted molar refractivity (Wildman–Crippen MR) is 108 cm³/mol. The molecule has 0 N–H and O–H groups in total. The summed E-state index contributed by atoms with van der Waals surface area (Å²) in [7, 11) is 3.46. The molecular formula is C23H26INO3. The van der Waals surface area contributed by atoms with Crippen LogP contribution in [0, 0.1) is 0 Å². The van der Waals surface area contributed by atoms with Gasteiger partial charge in [-0.25, -0.2) is 4.79 Å². The lowest BCUT2D eigenvalue weighted by Crippen LogP contribution is -3.00. The van der Waals surface area contributed by atoms with E-state index in [-0.39, 0.29) is 35.4 Å². The van der Waals surface area contributed by atoms with E-state index in [9.17, 15) is 4.79 Å². The van der Waals surface area contributed by atoms with E-state index in [1.165, 1.54) is 7.11 Å². The summed E-state index contributed by atoms with van der Waals surface area (Å²) < 4.78 is 12.8. The maximum atomic E-state index is 11.9. The molecule has 0 aliphatic carbocycles. The van der Waals surface area contributed by atoms with Crippen molar-refractivity contribution in [3.8, 4) is 5.75 Å². The molecule has 3 rings (SSSR count). The van der Waals surface area contributed by atoms with Gasteiger partial charge in [-0.2, -0.15) is 4.58 Å². The van der Waals surface area contributed by atoms with Crippen LogP contribution in [0.3, 0.4) is 0 Å². The van der Waals surface area contributed by atoms with Gasteiger partial charge in [-0.05, 0) is 45.0 Å². The first-order valence-electron chi connectivity index (χ1n) is 9.14. The molecule has 0 radical (unpaired) electrons. The molecule has 0 fully saturated rings. The number of carbonyl (C=O) groups excluding carboxylic acids is 1. The highest BCUT2D eigenvalue weighted by Gasteiger charge is 2.43. The van der Waals surface area contributed by atoms with E-state index in [1.807, 2.05) is 49.4 Å². The molecule has 0 saturated heterocycles. The van der Waals surface area contributed by atoms with Gasteiger partial charge in [-0.1, -0.05) is 18.2 Å². The first kappa shape index (κ1) is 22.1. The van der Waals surface area contributed by atoms with Crippen LogP contribution in [-0.2, 0) is 10.2 Å². The Bertz CT molecular complexity index is 945. The fraction of sp³-hybridized carbons (Fsp3) is 0.304. The Morgan fingerprint density at radius 2 is 1.86 bits per heavy atom. The molecule has 0 atom stereocenters. The number of rotatable bonds is 5. The van der Waals surface area contributed by atoms with Crippen LogP contribution >= 0.6 is 0 Å². The molecule has 2 aromatic rings. The molecular weight excluding hydrogens is 465 g/mol.